The highest BCUT2D eigenvalue weighted by Gasteiger charge is 2.27. The fourth-order valence-corrected chi connectivity index (χ4v) is 0.226. The molecule has 0 aromatic heterocycles. The van der Waals surface area contributed by atoms with Crippen molar-refractivity contribution in [2.75, 3.05) is 0 Å². The largest absolute Gasteiger partial charge is 0.373 e. The Morgan fingerprint density at radius 3 is 2.12 bits per heavy atom. The number of hydrogen-bond donors (Lipinski definition) is 2. The van der Waals surface area contributed by atoms with E-state index in [1.807, 2.05) is 0 Å². The van der Waals surface area contributed by atoms with Gasteiger partial charge in [0.2, 0.25) is 0 Å². The topological polar surface area (TPSA) is 81.3 Å². The van der Waals surface area contributed by atoms with E-state index in [9.17, 15) is 8.96 Å². The van der Waals surface area contributed by atoms with E-state index in [2.05, 4.69) is 0 Å². The molecule has 1 atom stereocenters. The molecule has 2 N–H and O–H groups in total. The first-order valence-corrected chi connectivity index (χ1v) is 3.25. The van der Waals surface area contributed by atoms with Gasteiger partial charge in [0.05, 0.1) is 0 Å². The summed E-state index contributed by atoms with van der Waals surface area (Å²) in [7, 11) is -4.78. The van der Waals surface area contributed by atoms with Crippen molar-refractivity contribution >= 4 is 7.60 Å². The van der Waals surface area contributed by atoms with Crippen molar-refractivity contribution in [2.45, 2.75) is 5.91 Å². The summed E-state index contributed by atoms with van der Waals surface area (Å²) in [6.45, 7) is 0. The molecule has 0 saturated carbocycles. The molecule has 4 nitrogen and oxygen atoms in total. The zero-order valence-electron chi connectivity index (χ0n) is 3.65. The van der Waals surface area contributed by atoms with Gasteiger partial charge in [-0.1, -0.05) is 0 Å². The molecule has 8 heavy (non-hydrogen) atoms. The van der Waals surface area contributed by atoms with Crippen LogP contribution in [0, 0.1) is 11.3 Å². The fourth-order valence-electron chi connectivity index (χ4n) is 0.0752. The normalized spacial score (nSPS) is 14.8. The Kier molecular flexibility index (Phi) is 2.11. The molecular weight excluding hydrogens is 136 g/mol. The Bertz CT molecular complexity index is 157. The molecule has 0 heterocycles. The van der Waals surface area contributed by atoms with Gasteiger partial charge in [-0.15, -0.1) is 0 Å². The molecule has 0 rings (SSSR count). The van der Waals surface area contributed by atoms with Gasteiger partial charge in [-0.25, -0.2) is 4.39 Å². The summed E-state index contributed by atoms with van der Waals surface area (Å²) in [6, 6.07) is 0.775. The standard InChI is InChI=1S/C2H3FNO3P/c3-2(1-4)8(5,6)7/h2H,(H2,5,6,7). The number of nitriles is 1. The van der Waals surface area contributed by atoms with Gasteiger partial charge in [0.15, 0.2) is 0 Å². The molecule has 0 aliphatic carbocycles. The molecule has 0 fully saturated rings. The number of alkyl halides is 1. The number of hydrogen-bond acceptors (Lipinski definition) is 2. The maximum atomic E-state index is 11.5. The van der Waals surface area contributed by atoms with Crippen LogP contribution >= 0.6 is 7.60 Å². The molecular formula is C2H3FNO3P. The smallest absolute Gasteiger partial charge is 0.322 e. The van der Waals surface area contributed by atoms with E-state index < -0.39 is 13.5 Å². The van der Waals surface area contributed by atoms with E-state index in [1.54, 1.807) is 0 Å². The molecule has 1 unspecified atom stereocenters. The summed E-state index contributed by atoms with van der Waals surface area (Å²) in [5.74, 6) is -2.68. The van der Waals surface area contributed by atoms with Crippen molar-refractivity contribution in [3.05, 3.63) is 0 Å². The van der Waals surface area contributed by atoms with Crippen LogP contribution in [-0.2, 0) is 4.57 Å². The Labute approximate surface area is 44.7 Å². The van der Waals surface area contributed by atoms with Crippen LogP contribution in [0.5, 0.6) is 0 Å². The van der Waals surface area contributed by atoms with Gasteiger partial charge < -0.3 is 9.79 Å². The predicted octanol–water partition coefficient (Wildman–Crippen LogP) is -0.0167. The summed E-state index contributed by atoms with van der Waals surface area (Å²) < 4.78 is 21.2. The van der Waals surface area contributed by atoms with Gasteiger partial charge in [0, 0.05) is 0 Å². The van der Waals surface area contributed by atoms with Crippen LogP contribution in [0.2, 0.25) is 0 Å². The lowest BCUT2D eigenvalue weighted by molar-refractivity contribution is 0.326. The monoisotopic (exact) mass is 139 g/mol. The molecule has 0 bridgehead atoms. The Balaban J connectivity index is 4.09. The maximum Gasteiger partial charge on any atom is 0.373 e. The van der Waals surface area contributed by atoms with E-state index in [0.29, 0.717) is 0 Å². The minimum Gasteiger partial charge on any atom is -0.322 e. The highest BCUT2D eigenvalue weighted by atomic mass is 31.2. The first-order valence-electron chi connectivity index (χ1n) is 1.57. The van der Waals surface area contributed by atoms with E-state index in [-0.39, 0.29) is 0 Å². The molecule has 0 aliphatic heterocycles. The number of nitrogens with zero attached hydrogens (tertiary/aromatic N) is 1. The molecule has 0 aromatic carbocycles. The minimum atomic E-state index is -4.78. The summed E-state index contributed by atoms with van der Waals surface area (Å²) in [5, 5.41) is 7.55. The summed E-state index contributed by atoms with van der Waals surface area (Å²) >= 11 is 0. The first kappa shape index (κ1) is 7.57. The van der Waals surface area contributed by atoms with Crippen LogP contribution < -0.4 is 0 Å². The second-order valence-corrected chi connectivity index (χ2v) is 2.69. The maximum absolute atomic E-state index is 11.5. The molecule has 6 heteroatoms. The molecule has 0 aliphatic rings. The summed E-state index contributed by atoms with van der Waals surface area (Å²) in [6.07, 6.45) is 0. The van der Waals surface area contributed by atoms with E-state index in [4.69, 9.17) is 15.0 Å². The second-order valence-electron chi connectivity index (χ2n) is 1.05. The van der Waals surface area contributed by atoms with Gasteiger partial charge in [-0.05, 0) is 0 Å². The Morgan fingerprint density at radius 2 is 2.12 bits per heavy atom. The molecule has 46 valence electrons. The zero-order chi connectivity index (χ0) is 6.78. The Hall–Kier alpha value is -0.430. The van der Waals surface area contributed by atoms with Crippen molar-refractivity contribution in [2.24, 2.45) is 0 Å². The Morgan fingerprint density at radius 1 is 1.75 bits per heavy atom. The molecule has 0 radical (unpaired) electrons. The van der Waals surface area contributed by atoms with Crippen LogP contribution in [0.1, 0.15) is 0 Å². The predicted molar refractivity (Wildman–Crippen MR) is 22.6 cm³/mol. The zero-order valence-corrected chi connectivity index (χ0v) is 4.55. The van der Waals surface area contributed by atoms with Crippen molar-refractivity contribution in [1.82, 2.24) is 0 Å². The lowest BCUT2D eigenvalue weighted by Crippen LogP contribution is -1.94. The lowest BCUT2D eigenvalue weighted by Gasteiger charge is -1.98. The quantitative estimate of drug-likeness (QED) is 0.500. The van der Waals surface area contributed by atoms with Gasteiger partial charge in [0.1, 0.15) is 6.07 Å². The second kappa shape index (κ2) is 2.23. The van der Waals surface area contributed by atoms with Crippen LogP contribution in [0.4, 0.5) is 4.39 Å². The molecule has 0 spiro atoms. The highest BCUT2D eigenvalue weighted by molar-refractivity contribution is 7.52. The number of halogens is 1. The van der Waals surface area contributed by atoms with Crippen LogP contribution in [-0.4, -0.2) is 15.7 Å². The van der Waals surface area contributed by atoms with E-state index in [1.165, 1.54) is 0 Å². The van der Waals surface area contributed by atoms with Crippen LogP contribution in [0.3, 0.4) is 0 Å². The average Bonchev–Trinajstić information content (AvgIpc) is 1.62. The van der Waals surface area contributed by atoms with E-state index >= 15 is 0 Å². The van der Waals surface area contributed by atoms with Gasteiger partial charge in [-0.3, -0.25) is 4.57 Å². The summed E-state index contributed by atoms with van der Waals surface area (Å²) in [4.78, 5) is 15.6. The van der Waals surface area contributed by atoms with Crippen LogP contribution in [0.25, 0.3) is 0 Å². The number of rotatable bonds is 1. The first-order chi connectivity index (χ1) is 3.48. The SMILES string of the molecule is N#CC(F)P(=O)(O)O. The van der Waals surface area contributed by atoms with Crippen molar-refractivity contribution < 1.29 is 18.7 Å². The van der Waals surface area contributed by atoms with Crippen molar-refractivity contribution in [3.63, 3.8) is 0 Å². The third-order valence-electron chi connectivity index (χ3n) is 0.402. The van der Waals surface area contributed by atoms with Gasteiger partial charge >= 0.3 is 7.60 Å². The van der Waals surface area contributed by atoms with Crippen molar-refractivity contribution in [1.29, 1.82) is 5.26 Å². The van der Waals surface area contributed by atoms with Crippen LogP contribution in [0.15, 0.2) is 0 Å². The third kappa shape index (κ3) is 2.03. The summed E-state index contributed by atoms with van der Waals surface area (Å²) in [5.41, 5.74) is 0. The van der Waals surface area contributed by atoms with Crippen molar-refractivity contribution in [3.8, 4) is 6.07 Å². The molecule has 0 saturated heterocycles. The van der Waals surface area contributed by atoms with Gasteiger partial charge in [-0.2, -0.15) is 5.26 Å². The average molecular weight is 139 g/mol. The minimum absolute atomic E-state index is 0.775. The highest BCUT2D eigenvalue weighted by Crippen LogP contribution is 2.41. The van der Waals surface area contributed by atoms with Gasteiger partial charge in [0.25, 0.3) is 5.91 Å². The lowest BCUT2D eigenvalue weighted by atomic mass is 10.9. The third-order valence-corrected chi connectivity index (χ3v) is 1.11. The van der Waals surface area contributed by atoms with E-state index in [0.717, 1.165) is 6.07 Å². The molecule has 0 aromatic rings. The molecule has 0 amide bonds. The fraction of sp³-hybridized carbons (Fsp3) is 0.500.